The third kappa shape index (κ3) is 5.13. The number of benzene rings is 1. The zero-order valence-electron chi connectivity index (χ0n) is 19.5. The summed E-state index contributed by atoms with van der Waals surface area (Å²) in [5.74, 6) is -3.47. The normalized spacial score (nSPS) is 36.1. The van der Waals surface area contributed by atoms with Gasteiger partial charge in [0.05, 0.1) is 6.61 Å². The van der Waals surface area contributed by atoms with Crippen LogP contribution in [0.3, 0.4) is 0 Å². The zero-order valence-corrected chi connectivity index (χ0v) is 19.5. The third-order valence-electron chi connectivity index (χ3n) is 6.38. The Morgan fingerprint density at radius 2 is 1.73 bits per heavy atom. The number of aryl methyl sites for hydroxylation is 1. The highest BCUT2D eigenvalue weighted by Gasteiger charge is 2.58. The minimum Gasteiger partial charge on any atom is -0.459 e. The summed E-state index contributed by atoms with van der Waals surface area (Å²) in [6.45, 7) is -0.695. The number of hydrogen-bond donors (Lipinski definition) is 7. The molecule has 14 heteroatoms. The van der Waals surface area contributed by atoms with Crippen molar-refractivity contribution in [3.8, 4) is 0 Å². The minimum absolute atomic E-state index is 0.262. The van der Waals surface area contributed by atoms with Crippen molar-refractivity contribution in [3.63, 3.8) is 0 Å². The van der Waals surface area contributed by atoms with E-state index in [1.807, 2.05) is 6.92 Å². The van der Waals surface area contributed by atoms with Gasteiger partial charge >= 0.3 is 11.6 Å². The van der Waals surface area contributed by atoms with Crippen molar-refractivity contribution in [2.24, 2.45) is 0 Å². The monoisotopic (exact) mass is 528 g/mol. The van der Waals surface area contributed by atoms with Crippen LogP contribution in [-0.2, 0) is 18.9 Å². The molecule has 0 aliphatic carbocycles. The second-order valence-electron chi connectivity index (χ2n) is 8.96. The Kier molecular flexibility index (Phi) is 7.96. The van der Waals surface area contributed by atoms with Crippen molar-refractivity contribution < 1.29 is 63.9 Å². The van der Waals surface area contributed by atoms with Crippen LogP contribution in [0.15, 0.2) is 33.5 Å². The van der Waals surface area contributed by atoms with Crippen molar-refractivity contribution >= 4 is 16.9 Å². The maximum atomic E-state index is 12.6. The Hall–Kier alpha value is -2.50. The van der Waals surface area contributed by atoms with Gasteiger partial charge in [-0.05, 0) is 25.1 Å². The highest BCUT2D eigenvalue weighted by Crippen LogP contribution is 2.36. The quantitative estimate of drug-likeness (QED) is 0.139. The van der Waals surface area contributed by atoms with Crippen LogP contribution in [0.1, 0.15) is 15.9 Å². The number of esters is 1. The molecule has 2 aliphatic rings. The molecule has 0 spiro atoms. The predicted octanol–water partition coefficient (Wildman–Crippen LogP) is -3.12. The molecule has 0 bridgehead atoms. The van der Waals surface area contributed by atoms with Gasteiger partial charge in [-0.3, -0.25) is 0 Å². The van der Waals surface area contributed by atoms with Crippen LogP contribution in [0.4, 0.5) is 0 Å². The lowest BCUT2D eigenvalue weighted by Gasteiger charge is -2.43. The molecule has 2 saturated heterocycles. The Labute approximate surface area is 208 Å². The van der Waals surface area contributed by atoms with Crippen LogP contribution in [0.25, 0.3) is 11.0 Å². The van der Waals surface area contributed by atoms with E-state index in [-0.39, 0.29) is 5.58 Å². The molecule has 204 valence electrons. The van der Waals surface area contributed by atoms with Crippen LogP contribution in [-0.4, -0.2) is 116 Å². The lowest BCUT2D eigenvalue weighted by molar-refractivity contribution is -0.383. The van der Waals surface area contributed by atoms with E-state index in [1.54, 1.807) is 18.2 Å². The Bertz CT molecular complexity index is 1180. The van der Waals surface area contributed by atoms with Crippen molar-refractivity contribution in [2.75, 3.05) is 19.8 Å². The third-order valence-corrected chi connectivity index (χ3v) is 6.38. The van der Waals surface area contributed by atoms with Gasteiger partial charge in [-0.25, -0.2) is 9.59 Å². The molecule has 3 heterocycles. The minimum atomic E-state index is -2.36. The molecule has 37 heavy (non-hydrogen) atoms. The molecule has 9 atom stereocenters. The van der Waals surface area contributed by atoms with Gasteiger partial charge in [0.2, 0.25) is 5.79 Å². The first-order valence-corrected chi connectivity index (χ1v) is 11.4. The second kappa shape index (κ2) is 10.7. The van der Waals surface area contributed by atoms with Crippen molar-refractivity contribution in [1.82, 2.24) is 0 Å². The van der Waals surface area contributed by atoms with E-state index in [0.29, 0.717) is 5.39 Å². The summed E-state index contributed by atoms with van der Waals surface area (Å²) in [6, 6.07) is 6.28. The molecule has 14 nitrogen and oxygen atoms in total. The number of rotatable bonds is 7. The molecule has 0 saturated carbocycles. The predicted molar refractivity (Wildman–Crippen MR) is 119 cm³/mol. The number of aliphatic hydroxyl groups is 7. The maximum absolute atomic E-state index is 12.6. The summed E-state index contributed by atoms with van der Waals surface area (Å²) in [4.78, 5) is 24.8. The molecular weight excluding hydrogens is 500 g/mol. The molecule has 0 radical (unpaired) electrons. The van der Waals surface area contributed by atoms with E-state index in [4.69, 9.17) is 23.4 Å². The number of aliphatic hydroxyl groups excluding tert-OH is 7. The fraction of sp³-hybridized carbons (Fsp3) is 0.565. The topological polar surface area (TPSA) is 226 Å². The summed E-state index contributed by atoms with van der Waals surface area (Å²) in [7, 11) is 0. The molecule has 7 N–H and O–H groups in total. The summed E-state index contributed by atoms with van der Waals surface area (Å²) in [6.07, 6.45) is -13.9. The largest absolute Gasteiger partial charge is 0.459 e. The smallest absolute Gasteiger partial charge is 0.351 e. The Balaban J connectivity index is 1.48. The molecule has 0 amide bonds. The van der Waals surface area contributed by atoms with Gasteiger partial charge in [-0.1, -0.05) is 11.6 Å². The fourth-order valence-corrected chi connectivity index (χ4v) is 4.24. The van der Waals surface area contributed by atoms with Crippen LogP contribution in [0.5, 0.6) is 0 Å². The second-order valence-corrected chi connectivity index (χ2v) is 8.96. The highest BCUT2D eigenvalue weighted by atomic mass is 16.8. The molecule has 1 aromatic heterocycles. The molecule has 1 aromatic carbocycles. The summed E-state index contributed by atoms with van der Waals surface area (Å²) >= 11 is 0. The van der Waals surface area contributed by atoms with Gasteiger partial charge in [0.1, 0.15) is 67.1 Å². The number of carbonyl (C=O) groups is 1. The van der Waals surface area contributed by atoms with E-state index in [9.17, 15) is 45.3 Å². The molecule has 2 fully saturated rings. The SMILES string of the molecule is Cc1ccc2oc(=O)c(C(=O)OC[C@@H]3O[C@@H](O[C@@]4(CO)O[C@@H](CO)[C@H](O)[C@H]4O)[C@@H](O)[C@H](O)[C@H]3O)cc2c1. The van der Waals surface area contributed by atoms with Gasteiger partial charge in [0, 0.05) is 5.39 Å². The van der Waals surface area contributed by atoms with Crippen molar-refractivity contribution in [2.45, 2.75) is 61.7 Å². The molecular formula is C23H28O14. The van der Waals surface area contributed by atoms with Crippen molar-refractivity contribution in [1.29, 1.82) is 0 Å². The maximum Gasteiger partial charge on any atom is 0.351 e. The molecule has 4 rings (SSSR count). The highest BCUT2D eigenvalue weighted by molar-refractivity contribution is 5.92. The standard InChI is InChI=1S/C23H28O14/c1-9-2-3-12-10(4-9)5-11(21(32)34-12)20(31)33-7-14-15(26)17(28)18(29)22(35-14)37-23(8-25)19(30)16(27)13(6-24)36-23/h2-5,13-19,22,24-30H,6-8H2,1H3/t13-,14-,15-,16-,17+,18-,19+,22-,23+/m0/s1. The van der Waals surface area contributed by atoms with E-state index < -0.39 is 91.8 Å². The summed E-state index contributed by atoms with van der Waals surface area (Å²) < 4.78 is 26.3. The zero-order chi connectivity index (χ0) is 27.1. The number of fused-ring (bicyclic) bond motifs is 1. The van der Waals surface area contributed by atoms with E-state index in [0.717, 1.165) is 5.56 Å². The van der Waals surface area contributed by atoms with E-state index >= 15 is 0 Å². The van der Waals surface area contributed by atoms with Crippen molar-refractivity contribution in [3.05, 3.63) is 45.8 Å². The van der Waals surface area contributed by atoms with Gasteiger partial charge in [-0.2, -0.15) is 0 Å². The summed E-state index contributed by atoms with van der Waals surface area (Å²) in [5, 5.41) is 70.8. The Morgan fingerprint density at radius 1 is 1.00 bits per heavy atom. The van der Waals surface area contributed by atoms with Gasteiger partial charge in [0.25, 0.3) is 0 Å². The average molecular weight is 528 g/mol. The number of hydrogen-bond acceptors (Lipinski definition) is 14. The van der Waals surface area contributed by atoms with E-state index in [1.165, 1.54) is 6.07 Å². The number of ether oxygens (including phenoxy) is 4. The fourth-order valence-electron chi connectivity index (χ4n) is 4.24. The molecule has 2 aromatic rings. The van der Waals surface area contributed by atoms with E-state index in [2.05, 4.69) is 0 Å². The van der Waals surface area contributed by atoms with Crippen LogP contribution in [0, 0.1) is 6.92 Å². The van der Waals surface area contributed by atoms with Gasteiger partial charge < -0.3 is 59.1 Å². The first-order valence-electron chi connectivity index (χ1n) is 11.4. The van der Waals surface area contributed by atoms with Crippen LogP contribution in [0.2, 0.25) is 0 Å². The molecule has 0 unspecified atom stereocenters. The van der Waals surface area contributed by atoms with Gasteiger partial charge in [0.15, 0.2) is 6.29 Å². The lowest BCUT2D eigenvalue weighted by Crippen LogP contribution is -2.62. The first kappa shape index (κ1) is 27.5. The van der Waals surface area contributed by atoms with Crippen LogP contribution >= 0.6 is 0 Å². The number of carbonyl (C=O) groups excluding carboxylic acids is 1. The first-order chi connectivity index (χ1) is 17.5. The van der Waals surface area contributed by atoms with Gasteiger partial charge in [-0.15, -0.1) is 0 Å². The Morgan fingerprint density at radius 3 is 2.38 bits per heavy atom. The summed E-state index contributed by atoms with van der Waals surface area (Å²) in [5.41, 5.74) is -0.272. The average Bonchev–Trinajstić information content (AvgIpc) is 3.12. The molecule has 2 aliphatic heterocycles. The van der Waals surface area contributed by atoms with Crippen LogP contribution < -0.4 is 5.63 Å². The lowest BCUT2D eigenvalue weighted by atomic mass is 9.99.